The Labute approximate surface area is 784 Å². The first-order valence-corrected chi connectivity index (χ1v) is 38.5. The van der Waals surface area contributed by atoms with E-state index in [4.69, 9.17) is 0 Å². The Morgan fingerprint density at radius 1 is 0.113 bits per heavy atom. The third-order valence-corrected chi connectivity index (χ3v) is 16.5. The summed E-state index contributed by atoms with van der Waals surface area (Å²) >= 11 is 0. The Hall–Kier alpha value is -13.6. The third-order valence-electron chi connectivity index (χ3n) is 16.5. The maximum Gasteiger partial charge on any atom is 3.00 e. The molecule has 0 saturated carbocycles. The van der Waals surface area contributed by atoms with Gasteiger partial charge in [0.2, 0.25) is 0 Å². The zero-order chi connectivity index (χ0) is 82.3. The van der Waals surface area contributed by atoms with Crippen LogP contribution in [0.1, 0.15) is 0 Å². The van der Waals surface area contributed by atoms with Crippen molar-refractivity contribution in [2.24, 2.45) is 0 Å². The van der Waals surface area contributed by atoms with Crippen molar-refractivity contribution in [1.82, 2.24) is 49.8 Å². The molecule has 0 aliphatic rings. The zero-order valence-electron chi connectivity index (χ0n) is 67.0. The van der Waals surface area contributed by atoms with Gasteiger partial charge in [0.05, 0.1) is 0 Å². The van der Waals surface area contributed by atoms with Crippen molar-refractivity contribution in [3.8, 4) is 113 Å². The first-order chi connectivity index (χ1) is 59.7. The SMILES string of the molecule is [Ir+3].[Ir+3].[Pt+2].[Pt+2].[c-]1ccccc1-c1ccccn1.[c-]1ccccc1-c1ccccn1.[c-]1ccccc1-c1ccccn1.[c-]1ccccc1-c1ccccn1.[c-]1ccccc1-c1ccccn1.[c-]1ccccc1-c1ccccn1.[c-]1ccccc1-c1ccccn1.[c-]1ccccc1-c1ccccn1.[c-]1ccccc1-c1ccccn1.[c-]1ccccc1-c1ccccn1. The molecule has 0 saturated heterocycles. The van der Waals surface area contributed by atoms with E-state index in [1.54, 1.807) is 62.0 Å². The van der Waals surface area contributed by atoms with Gasteiger partial charge in [0, 0.05) is 62.0 Å². The van der Waals surface area contributed by atoms with Crippen LogP contribution in [0.15, 0.2) is 487 Å². The first-order valence-electron chi connectivity index (χ1n) is 38.5. The van der Waals surface area contributed by atoms with E-state index in [2.05, 4.69) is 111 Å². The molecular weight excluding hydrogens is 2240 g/mol. The second-order valence-electron chi connectivity index (χ2n) is 24.9. The fourth-order valence-corrected chi connectivity index (χ4v) is 10.7. The molecular formula is C110H80Ir2N10Pt2. The van der Waals surface area contributed by atoms with Crippen molar-refractivity contribution >= 4 is 0 Å². The molecule has 10 heterocycles. The van der Waals surface area contributed by atoms with Gasteiger partial charge in [-0.05, 0) is 118 Å². The Bertz CT molecular complexity index is 4300. The summed E-state index contributed by atoms with van der Waals surface area (Å²) in [4.78, 5) is 42.2. The summed E-state index contributed by atoms with van der Waals surface area (Å²) in [5.74, 6) is 0. The third kappa shape index (κ3) is 36.0. The molecule has 20 rings (SSSR count). The molecule has 0 N–H and O–H groups in total. The van der Waals surface area contributed by atoms with Gasteiger partial charge in [0.1, 0.15) is 0 Å². The minimum Gasteiger partial charge on any atom is -0.305 e. The molecule has 10 aromatic carbocycles. The fourth-order valence-electron chi connectivity index (χ4n) is 10.7. The number of rotatable bonds is 10. The molecule has 10 aromatic heterocycles. The van der Waals surface area contributed by atoms with Crippen LogP contribution in [0.3, 0.4) is 0 Å². The first kappa shape index (κ1) is 97.5. The molecule has 14 heteroatoms. The van der Waals surface area contributed by atoms with Gasteiger partial charge in [-0.25, -0.2) is 0 Å². The van der Waals surface area contributed by atoms with E-state index in [0.717, 1.165) is 113 Å². The molecule has 0 aliphatic carbocycles. The molecule has 0 aliphatic heterocycles. The molecule has 0 bridgehead atoms. The minimum absolute atomic E-state index is 0. The Balaban J connectivity index is 0.000000189. The van der Waals surface area contributed by atoms with Crippen LogP contribution in [0.5, 0.6) is 0 Å². The predicted octanol–water partition coefficient (Wildman–Crippen LogP) is 25.5. The molecule has 10 nitrogen and oxygen atoms in total. The second-order valence-corrected chi connectivity index (χ2v) is 24.9. The summed E-state index contributed by atoms with van der Waals surface area (Å²) in [5.41, 5.74) is 20.1. The largest absolute Gasteiger partial charge is 3.00 e. The molecule has 0 spiro atoms. The van der Waals surface area contributed by atoms with E-state index >= 15 is 0 Å². The standard InChI is InChI=1S/10C11H8N.2Ir.2Pt/c10*1-2-6-10(7-3-1)11-8-4-5-9-12-11;;;;/h10*1-6,8-9H;;;;/q10*-1;2*+3;2*+2. The van der Waals surface area contributed by atoms with Crippen LogP contribution in [0.2, 0.25) is 0 Å². The van der Waals surface area contributed by atoms with E-state index in [1.807, 2.05) is 425 Å². The molecule has 0 unspecified atom stereocenters. The topological polar surface area (TPSA) is 129 Å². The van der Waals surface area contributed by atoms with Crippen LogP contribution in [-0.2, 0) is 82.3 Å². The normalized spacial score (nSPS) is 9.35. The Morgan fingerprint density at radius 2 is 0.202 bits per heavy atom. The summed E-state index contributed by atoms with van der Waals surface area (Å²) in [5, 5.41) is 0. The van der Waals surface area contributed by atoms with Gasteiger partial charge in [-0.1, -0.05) is 121 Å². The van der Waals surface area contributed by atoms with Crippen molar-refractivity contribution < 1.29 is 82.3 Å². The average Bonchev–Trinajstić information content (AvgIpc) is 0.954. The molecule has 0 amide bonds. The number of benzene rings is 10. The monoisotopic (exact) mass is 2320 g/mol. The summed E-state index contributed by atoms with van der Waals surface area (Å²) in [6.07, 6.45) is 17.9. The number of hydrogen-bond donors (Lipinski definition) is 0. The molecule has 0 fully saturated rings. The van der Waals surface area contributed by atoms with Crippen molar-refractivity contribution in [1.29, 1.82) is 0 Å². The van der Waals surface area contributed by atoms with Crippen LogP contribution < -0.4 is 0 Å². The quantitative estimate of drug-likeness (QED) is 0.122. The van der Waals surface area contributed by atoms with Crippen LogP contribution in [-0.4, -0.2) is 49.8 Å². The zero-order valence-corrected chi connectivity index (χ0v) is 76.3. The Morgan fingerprint density at radius 3 is 0.266 bits per heavy atom. The van der Waals surface area contributed by atoms with Gasteiger partial charge in [-0.2, -0.15) is 0 Å². The van der Waals surface area contributed by atoms with Gasteiger partial charge < -0.3 is 49.8 Å². The maximum absolute atomic E-state index is 4.22. The fraction of sp³-hybridized carbons (Fsp3) is 0. The van der Waals surface area contributed by atoms with Crippen LogP contribution in [0.25, 0.3) is 113 Å². The summed E-state index contributed by atoms with van der Waals surface area (Å²) in [7, 11) is 0. The van der Waals surface area contributed by atoms with Crippen molar-refractivity contribution in [3.05, 3.63) is 547 Å². The molecule has 0 atom stereocenters. The van der Waals surface area contributed by atoms with E-state index in [1.165, 1.54) is 0 Å². The van der Waals surface area contributed by atoms with Crippen molar-refractivity contribution in [2.45, 2.75) is 0 Å². The minimum atomic E-state index is 0. The van der Waals surface area contributed by atoms with Gasteiger partial charge in [0.25, 0.3) is 0 Å². The van der Waals surface area contributed by atoms with Crippen molar-refractivity contribution in [3.63, 3.8) is 0 Å². The van der Waals surface area contributed by atoms with E-state index < -0.39 is 0 Å². The van der Waals surface area contributed by atoms with Gasteiger partial charge >= 0.3 is 82.3 Å². The number of hydrogen-bond acceptors (Lipinski definition) is 10. The number of nitrogens with zero attached hydrogens (tertiary/aromatic N) is 10. The average molecular weight is 2320 g/mol. The molecule has 608 valence electrons. The maximum atomic E-state index is 4.22. The molecule has 0 radical (unpaired) electrons. The van der Waals surface area contributed by atoms with Gasteiger partial charge in [-0.3, -0.25) is 0 Å². The summed E-state index contributed by atoms with van der Waals surface area (Å²) < 4.78 is 0. The van der Waals surface area contributed by atoms with Gasteiger partial charge in [-0.15, -0.1) is 359 Å². The second kappa shape index (κ2) is 60.0. The van der Waals surface area contributed by atoms with E-state index in [-0.39, 0.29) is 82.3 Å². The van der Waals surface area contributed by atoms with Crippen LogP contribution in [0.4, 0.5) is 0 Å². The van der Waals surface area contributed by atoms with Gasteiger partial charge in [0.15, 0.2) is 0 Å². The molecule has 20 aromatic rings. The summed E-state index contributed by atoms with van der Waals surface area (Å²) in [6, 6.07) is 168. The molecule has 124 heavy (non-hydrogen) atoms. The summed E-state index contributed by atoms with van der Waals surface area (Å²) in [6.45, 7) is 0. The van der Waals surface area contributed by atoms with Crippen LogP contribution in [0, 0.1) is 60.7 Å². The van der Waals surface area contributed by atoms with Crippen molar-refractivity contribution in [2.75, 3.05) is 0 Å². The Kier molecular flexibility index (Phi) is 47.1. The van der Waals surface area contributed by atoms with E-state index in [0.29, 0.717) is 0 Å². The number of pyridine rings is 10. The van der Waals surface area contributed by atoms with E-state index in [9.17, 15) is 0 Å². The predicted molar refractivity (Wildman–Crippen MR) is 485 cm³/mol. The van der Waals surface area contributed by atoms with Crippen LogP contribution >= 0.6 is 0 Å². The number of aromatic nitrogens is 10. The smallest absolute Gasteiger partial charge is 0.305 e.